The Labute approximate surface area is 118 Å². The summed E-state index contributed by atoms with van der Waals surface area (Å²) in [6.07, 6.45) is 3.26. The first-order valence-corrected chi connectivity index (χ1v) is 6.84. The van der Waals surface area contributed by atoms with E-state index in [1.54, 1.807) is 24.3 Å². The molecule has 1 aromatic carbocycles. The molecule has 0 spiro atoms. The Kier molecular flexibility index (Phi) is 5.26. The Balaban J connectivity index is 1.85. The lowest BCUT2D eigenvalue weighted by atomic mass is 10.2. The highest BCUT2D eigenvalue weighted by Crippen LogP contribution is 2.07. The summed E-state index contributed by atoms with van der Waals surface area (Å²) in [5, 5.41) is 0. The summed E-state index contributed by atoms with van der Waals surface area (Å²) in [7, 11) is 0. The number of nitrogens with two attached hydrogens (primary N) is 1. The molecule has 0 unspecified atom stereocenters. The summed E-state index contributed by atoms with van der Waals surface area (Å²) in [4.78, 5) is 16.1. The maximum absolute atomic E-state index is 12.8. The molecule has 0 aromatic heterocycles. The first kappa shape index (κ1) is 14.7. The molecule has 1 fully saturated rings. The number of halogens is 1. The van der Waals surface area contributed by atoms with Crippen LogP contribution < -0.4 is 5.73 Å². The third kappa shape index (κ3) is 4.15. The number of benzene rings is 1. The van der Waals surface area contributed by atoms with Crippen LogP contribution in [0.1, 0.15) is 5.56 Å². The molecule has 1 aliphatic heterocycles. The van der Waals surface area contributed by atoms with Crippen LogP contribution in [-0.2, 0) is 4.79 Å². The zero-order chi connectivity index (χ0) is 14.4. The van der Waals surface area contributed by atoms with Crippen LogP contribution in [0.2, 0.25) is 0 Å². The van der Waals surface area contributed by atoms with Crippen LogP contribution in [0.4, 0.5) is 4.39 Å². The van der Waals surface area contributed by atoms with E-state index in [4.69, 9.17) is 5.73 Å². The first-order chi connectivity index (χ1) is 9.69. The van der Waals surface area contributed by atoms with Gasteiger partial charge in [0.1, 0.15) is 5.82 Å². The van der Waals surface area contributed by atoms with Crippen molar-refractivity contribution in [2.24, 2.45) is 5.73 Å². The van der Waals surface area contributed by atoms with Crippen molar-refractivity contribution >= 4 is 12.0 Å². The van der Waals surface area contributed by atoms with Crippen molar-refractivity contribution < 1.29 is 9.18 Å². The van der Waals surface area contributed by atoms with Gasteiger partial charge in [-0.15, -0.1) is 0 Å². The topological polar surface area (TPSA) is 49.6 Å². The van der Waals surface area contributed by atoms with E-state index in [0.717, 1.165) is 38.3 Å². The summed E-state index contributed by atoms with van der Waals surface area (Å²) in [6.45, 7) is 4.73. The van der Waals surface area contributed by atoms with Gasteiger partial charge >= 0.3 is 0 Å². The molecule has 2 rings (SSSR count). The Morgan fingerprint density at radius 2 is 1.85 bits per heavy atom. The summed E-state index contributed by atoms with van der Waals surface area (Å²) in [5.74, 6) is -0.272. The van der Waals surface area contributed by atoms with Crippen molar-refractivity contribution in [3.8, 4) is 0 Å². The molecule has 5 heteroatoms. The predicted octanol–water partition coefficient (Wildman–Crippen LogP) is 0.942. The number of amides is 1. The average Bonchev–Trinajstić information content (AvgIpc) is 2.47. The van der Waals surface area contributed by atoms with Crippen LogP contribution in [0.25, 0.3) is 6.08 Å². The molecule has 0 bridgehead atoms. The van der Waals surface area contributed by atoms with E-state index in [9.17, 15) is 9.18 Å². The lowest BCUT2D eigenvalue weighted by Crippen LogP contribution is -2.49. The van der Waals surface area contributed by atoms with Gasteiger partial charge in [-0.1, -0.05) is 12.1 Å². The van der Waals surface area contributed by atoms with Crippen molar-refractivity contribution in [3.05, 3.63) is 41.7 Å². The second-order valence-corrected chi connectivity index (χ2v) is 4.84. The van der Waals surface area contributed by atoms with Crippen LogP contribution in [0.15, 0.2) is 30.3 Å². The van der Waals surface area contributed by atoms with E-state index in [-0.39, 0.29) is 11.7 Å². The molecule has 4 nitrogen and oxygen atoms in total. The minimum atomic E-state index is -0.274. The standard InChI is InChI=1S/C15H20FN3O/c16-14-4-1-13(2-5-14)3-6-15(20)19-11-9-18(8-7-17)10-12-19/h1-6H,7-12,17H2/b6-3+. The SMILES string of the molecule is NCCN1CCN(C(=O)/C=C/c2ccc(F)cc2)CC1. The Bertz CT molecular complexity index is 465. The maximum atomic E-state index is 12.8. The summed E-state index contributed by atoms with van der Waals surface area (Å²) >= 11 is 0. The molecule has 1 aliphatic rings. The third-order valence-electron chi connectivity index (χ3n) is 3.42. The lowest BCUT2D eigenvalue weighted by Gasteiger charge is -2.33. The fourth-order valence-electron chi connectivity index (χ4n) is 2.22. The molecule has 20 heavy (non-hydrogen) atoms. The van der Waals surface area contributed by atoms with Crippen molar-refractivity contribution in [1.82, 2.24) is 9.80 Å². The molecule has 0 atom stereocenters. The molecule has 0 radical (unpaired) electrons. The largest absolute Gasteiger partial charge is 0.337 e. The zero-order valence-electron chi connectivity index (χ0n) is 11.5. The average molecular weight is 277 g/mol. The van der Waals surface area contributed by atoms with Crippen LogP contribution in [0.5, 0.6) is 0 Å². The predicted molar refractivity (Wildman–Crippen MR) is 77.5 cm³/mol. The number of rotatable bonds is 4. The van der Waals surface area contributed by atoms with Gasteiger partial charge in [-0.05, 0) is 23.8 Å². The van der Waals surface area contributed by atoms with Gasteiger partial charge in [0.2, 0.25) is 5.91 Å². The molecular weight excluding hydrogens is 257 g/mol. The summed E-state index contributed by atoms with van der Waals surface area (Å²) < 4.78 is 12.8. The Hall–Kier alpha value is -1.72. The molecule has 1 heterocycles. The monoisotopic (exact) mass is 277 g/mol. The molecule has 1 aromatic rings. The second-order valence-electron chi connectivity index (χ2n) is 4.84. The smallest absolute Gasteiger partial charge is 0.246 e. The number of carbonyl (C=O) groups is 1. The van der Waals surface area contributed by atoms with Gasteiger partial charge in [-0.25, -0.2) is 4.39 Å². The van der Waals surface area contributed by atoms with E-state index in [0.29, 0.717) is 6.54 Å². The fourth-order valence-corrected chi connectivity index (χ4v) is 2.22. The van der Waals surface area contributed by atoms with Crippen molar-refractivity contribution in [3.63, 3.8) is 0 Å². The molecule has 108 valence electrons. The van der Waals surface area contributed by atoms with E-state index in [1.165, 1.54) is 12.1 Å². The Morgan fingerprint density at radius 1 is 1.20 bits per heavy atom. The number of hydrogen-bond acceptors (Lipinski definition) is 3. The highest BCUT2D eigenvalue weighted by Gasteiger charge is 2.18. The second kappa shape index (κ2) is 7.17. The van der Waals surface area contributed by atoms with E-state index in [1.807, 2.05) is 4.90 Å². The van der Waals surface area contributed by atoms with Gasteiger partial charge in [0.15, 0.2) is 0 Å². The van der Waals surface area contributed by atoms with E-state index in [2.05, 4.69) is 4.90 Å². The molecule has 0 aliphatic carbocycles. The van der Waals surface area contributed by atoms with Crippen LogP contribution >= 0.6 is 0 Å². The quantitative estimate of drug-likeness (QED) is 0.833. The molecule has 1 saturated heterocycles. The minimum absolute atomic E-state index is 0.00160. The maximum Gasteiger partial charge on any atom is 0.246 e. The minimum Gasteiger partial charge on any atom is -0.337 e. The third-order valence-corrected chi connectivity index (χ3v) is 3.42. The normalized spacial score (nSPS) is 16.8. The van der Waals surface area contributed by atoms with Crippen LogP contribution in [-0.4, -0.2) is 55.0 Å². The molecule has 2 N–H and O–H groups in total. The Morgan fingerprint density at radius 3 is 2.45 bits per heavy atom. The van der Waals surface area contributed by atoms with Gasteiger partial charge in [0.25, 0.3) is 0 Å². The first-order valence-electron chi connectivity index (χ1n) is 6.84. The van der Waals surface area contributed by atoms with Crippen molar-refractivity contribution in [2.75, 3.05) is 39.3 Å². The van der Waals surface area contributed by atoms with E-state index < -0.39 is 0 Å². The molecular formula is C15H20FN3O. The van der Waals surface area contributed by atoms with Crippen LogP contribution in [0.3, 0.4) is 0 Å². The summed E-state index contributed by atoms with van der Waals surface area (Å²) in [6, 6.07) is 6.07. The highest BCUT2D eigenvalue weighted by molar-refractivity contribution is 5.91. The number of nitrogens with zero attached hydrogens (tertiary/aromatic N) is 2. The molecule has 0 saturated carbocycles. The lowest BCUT2D eigenvalue weighted by molar-refractivity contribution is -0.127. The van der Waals surface area contributed by atoms with Gasteiger partial charge in [0, 0.05) is 45.3 Å². The fraction of sp³-hybridized carbons (Fsp3) is 0.400. The van der Waals surface area contributed by atoms with Gasteiger partial charge < -0.3 is 10.6 Å². The number of hydrogen-bond donors (Lipinski definition) is 1. The zero-order valence-corrected chi connectivity index (χ0v) is 11.5. The van der Waals surface area contributed by atoms with Crippen molar-refractivity contribution in [1.29, 1.82) is 0 Å². The van der Waals surface area contributed by atoms with Gasteiger partial charge in [0.05, 0.1) is 0 Å². The highest BCUT2D eigenvalue weighted by atomic mass is 19.1. The van der Waals surface area contributed by atoms with Crippen LogP contribution in [0, 0.1) is 5.82 Å². The molecule has 1 amide bonds. The van der Waals surface area contributed by atoms with Crippen molar-refractivity contribution in [2.45, 2.75) is 0 Å². The summed E-state index contributed by atoms with van der Waals surface area (Å²) in [5.41, 5.74) is 6.34. The number of carbonyl (C=O) groups excluding carboxylic acids is 1. The van der Waals surface area contributed by atoms with E-state index >= 15 is 0 Å². The van der Waals surface area contributed by atoms with Gasteiger partial charge in [-0.2, -0.15) is 0 Å². The number of piperazine rings is 1. The van der Waals surface area contributed by atoms with Gasteiger partial charge in [-0.3, -0.25) is 9.69 Å².